The highest BCUT2D eigenvalue weighted by molar-refractivity contribution is 5.49. The molecule has 96 valence electrons. The molecule has 0 heterocycles. The van der Waals surface area contributed by atoms with Crippen molar-refractivity contribution < 1.29 is 14.6 Å². The van der Waals surface area contributed by atoms with Crippen LogP contribution in [0.2, 0.25) is 0 Å². The van der Waals surface area contributed by atoms with Gasteiger partial charge in [-0.05, 0) is 18.1 Å². The molecule has 1 atom stereocenters. The number of hydrogen-bond acceptors (Lipinski definition) is 4. The molecular formula is C13H21NO3. The fourth-order valence-electron chi connectivity index (χ4n) is 1.78. The van der Waals surface area contributed by atoms with Crippen LogP contribution in [0.5, 0.6) is 11.5 Å². The molecule has 4 nitrogen and oxygen atoms in total. The summed E-state index contributed by atoms with van der Waals surface area (Å²) in [6, 6.07) is 3.31. The molecule has 4 heteroatoms. The zero-order chi connectivity index (χ0) is 13.0. The Labute approximate surface area is 102 Å². The van der Waals surface area contributed by atoms with Gasteiger partial charge < -0.3 is 20.3 Å². The summed E-state index contributed by atoms with van der Waals surface area (Å²) in [5.41, 5.74) is 7.66. The van der Waals surface area contributed by atoms with Gasteiger partial charge in [0.15, 0.2) is 0 Å². The van der Waals surface area contributed by atoms with E-state index in [1.165, 1.54) is 0 Å². The zero-order valence-electron chi connectivity index (χ0n) is 10.9. The minimum absolute atomic E-state index is 0.124. The molecule has 0 spiro atoms. The molecule has 3 N–H and O–H groups in total. The molecule has 0 fully saturated rings. The summed E-state index contributed by atoms with van der Waals surface area (Å²) in [5, 5.41) is 9.13. The van der Waals surface area contributed by atoms with Crippen LogP contribution in [0.4, 0.5) is 0 Å². The predicted octanol–water partition coefficient (Wildman–Crippen LogP) is 1.82. The molecule has 17 heavy (non-hydrogen) atoms. The van der Waals surface area contributed by atoms with Gasteiger partial charge in [0.25, 0.3) is 0 Å². The lowest BCUT2D eigenvalue weighted by molar-refractivity contribution is 0.264. The molecule has 0 aliphatic heterocycles. The first-order valence-corrected chi connectivity index (χ1v) is 5.67. The number of ether oxygens (including phenoxy) is 2. The lowest BCUT2D eigenvalue weighted by atomic mass is 9.97. The van der Waals surface area contributed by atoms with Crippen LogP contribution in [0.1, 0.15) is 36.9 Å². The molecule has 0 radical (unpaired) electrons. The van der Waals surface area contributed by atoms with Gasteiger partial charge in [0, 0.05) is 11.1 Å². The van der Waals surface area contributed by atoms with Gasteiger partial charge >= 0.3 is 0 Å². The van der Waals surface area contributed by atoms with Gasteiger partial charge in [-0.25, -0.2) is 0 Å². The van der Waals surface area contributed by atoms with Crippen molar-refractivity contribution in [3.05, 3.63) is 23.3 Å². The van der Waals surface area contributed by atoms with E-state index in [-0.39, 0.29) is 6.61 Å². The van der Waals surface area contributed by atoms with Gasteiger partial charge in [-0.1, -0.05) is 13.8 Å². The third-order valence-electron chi connectivity index (χ3n) is 2.80. The molecule has 1 aromatic rings. The molecule has 0 saturated carbocycles. The maximum atomic E-state index is 9.13. The van der Waals surface area contributed by atoms with Crippen molar-refractivity contribution in [2.75, 3.05) is 20.8 Å². The Morgan fingerprint density at radius 3 is 2.00 bits per heavy atom. The first kappa shape index (κ1) is 13.8. The third kappa shape index (κ3) is 2.90. The third-order valence-corrected chi connectivity index (χ3v) is 2.80. The highest BCUT2D eigenvalue weighted by Gasteiger charge is 2.17. The van der Waals surface area contributed by atoms with Gasteiger partial charge in [0.1, 0.15) is 11.5 Å². The van der Waals surface area contributed by atoms with Gasteiger partial charge in [0.2, 0.25) is 0 Å². The maximum Gasteiger partial charge on any atom is 0.124 e. The number of methoxy groups -OCH3 is 2. The summed E-state index contributed by atoms with van der Waals surface area (Å²) in [7, 11) is 3.22. The Morgan fingerprint density at radius 1 is 1.12 bits per heavy atom. The summed E-state index contributed by atoms with van der Waals surface area (Å²) < 4.78 is 10.7. The Balaban J connectivity index is 3.32. The minimum Gasteiger partial charge on any atom is -0.496 e. The number of rotatable bonds is 5. The second-order valence-corrected chi connectivity index (χ2v) is 4.28. The Hall–Kier alpha value is -1.26. The molecule has 0 aliphatic rings. The van der Waals surface area contributed by atoms with Crippen molar-refractivity contribution in [2.24, 2.45) is 5.73 Å². The van der Waals surface area contributed by atoms with Gasteiger partial charge in [-0.2, -0.15) is 0 Å². The number of hydrogen-bond donors (Lipinski definition) is 2. The summed E-state index contributed by atoms with van der Waals surface area (Å²) in [6.45, 7) is 4.05. The van der Waals surface area contributed by atoms with Gasteiger partial charge in [0.05, 0.1) is 26.9 Å². The Morgan fingerprint density at radius 2 is 1.59 bits per heavy atom. The van der Waals surface area contributed by atoms with E-state index in [1.807, 2.05) is 12.1 Å². The summed E-state index contributed by atoms with van der Waals surface area (Å²) in [6.07, 6.45) is 0. The van der Waals surface area contributed by atoms with Crippen LogP contribution in [0.3, 0.4) is 0 Å². The van der Waals surface area contributed by atoms with Gasteiger partial charge in [-0.15, -0.1) is 0 Å². The number of aliphatic hydroxyl groups is 1. The van der Waals surface area contributed by atoms with Crippen LogP contribution in [0.25, 0.3) is 0 Å². The molecular weight excluding hydrogens is 218 g/mol. The largest absolute Gasteiger partial charge is 0.496 e. The first-order valence-electron chi connectivity index (χ1n) is 5.67. The molecule has 0 bridgehead atoms. The Kier molecular flexibility index (Phi) is 4.78. The summed E-state index contributed by atoms with van der Waals surface area (Å²) >= 11 is 0. The highest BCUT2D eigenvalue weighted by Crippen LogP contribution is 2.35. The standard InChI is InChI=1S/C13H21NO3/c1-8(2)9-5-13(17-4)10(11(14)7-15)6-12(9)16-3/h5-6,8,11,15H,7,14H2,1-4H3. The summed E-state index contributed by atoms with van der Waals surface area (Å²) in [4.78, 5) is 0. The van der Waals surface area contributed by atoms with Crippen LogP contribution < -0.4 is 15.2 Å². The van der Waals surface area contributed by atoms with Crippen LogP contribution in [0.15, 0.2) is 12.1 Å². The topological polar surface area (TPSA) is 64.7 Å². The fourth-order valence-corrected chi connectivity index (χ4v) is 1.78. The second kappa shape index (κ2) is 5.89. The average Bonchev–Trinajstić information content (AvgIpc) is 2.35. The lowest BCUT2D eigenvalue weighted by Gasteiger charge is -2.19. The molecule has 0 amide bonds. The molecule has 0 aromatic heterocycles. The molecule has 0 saturated heterocycles. The molecule has 1 aromatic carbocycles. The van der Waals surface area contributed by atoms with Crippen molar-refractivity contribution in [3.8, 4) is 11.5 Å². The smallest absolute Gasteiger partial charge is 0.124 e. The first-order chi connectivity index (χ1) is 8.04. The van der Waals surface area contributed by atoms with Gasteiger partial charge in [-0.3, -0.25) is 0 Å². The maximum absolute atomic E-state index is 9.13. The van der Waals surface area contributed by atoms with E-state index >= 15 is 0 Å². The van der Waals surface area contributed by atoms with Crippen molar-refractivity contribution in [3.63, 3.8) is 0 Å². The Bertz CT molecular complexity index is 377. The minimum atomic E-state index is -0.458. The van der Waals surface area contributed by atoms with E-state index < -0.39 is 6.04 Å². The van der Waals surface area contributed by atoms with Crippen LogP contribution in [-0.4, -0.2) is 25.9 Å². The number of aliphatic hydroxyl groups excluding tert-OH is 1. The van der Waals surface area contributed by atoms with E-state index in [4.69, 9.17) is 20.3 Å². The molecule has 1 unspecified atom stereocenters. The van der Waals surface area contributed by atoms with Crippen molar-refractivity contribution >= 4 is 0 Å². The van der Waals surface area contributed by atoms with E-state index in [2.05, 4.69) is 13.8 Å². The van der Waals surface area contributed by atoms with Crippen LogP contribution in [-0.2, 0) is 0 Å². The molecule has 1 rings (SSSR count). The number of benzene rings is 1. The van der Waals surface area contributed by atoms with Crippen molar-refractivity contribution in [2.45, 2.75) is 25.8 Å². The van der Waals surface area contributed by atoms with E-state index in [1.54, 1.807) is 14.2 Å². The van der Waals surface area contributed by atoms with E-state index in [0.29, 0.717) is 11.7 Å². The van der Waals surface area contributed by atoms with Crippen molar-refractivity contribution in [1.29, 1.82) is 0 Å². The molecule has 0 aliphatic carbocycles. The van der Waals surface area contributed by atoms with E-state index in [9.17, 15) is 0 Å². The highest BCUT2D eigenvalue weighted by atomic mass is 16.5. The van der Waals surface area contributed by atoms with Crippen LogP contribution >= 0.6 is 0 Å². The second-order valence-electron chi connectivity index (χ2n) is 4.28. The lowest BCUT2D eigenvalue weighted by Crippen LogP contribution is -2.16. The number of nitrogens with two attached hydrogens (primary N) is 1. The predicted molar refractivity (Wildman–Crippen MR) is 67.6 cm³/mol. The summed E-state index contributed by atoms with van der Waals surface area (Å²) in [5.74, 6) is 1.80. The monoisotopic (exact) mass is 239 g/mol. The quantitative estimate of drug-likeness (QED) is 0.822. The van der Waals surface area contributed by atoms with E-state index in [0.717, 1.165) is 16.9 Å². The SMILES string of the molecule is COc1cc(C(N)CO)c(OC)cc1C(C)C. The normalized spacial score (nSPS) is 12.6. The van der Waals surface area contributed by atoms with Crippen LogP contribution in [0, 0.1) is 0 Å². The average molecular weight is 239 g/mol. The fraction of sp³-hybridized carbons (Fsp3) is 0.538. The van der Waals surface area contributed by atoms with Crippen molar-refractivity contribution in [1.82, 2.24) is 0 Å². The zero-order valence-corrected chi connectivity index (χ0v) is 10.9.